The molecular formula is C7H4N4O3. The summed E-state index contributed by atoms with van der Waals surface area (Å²) >= 11 is 0. The summed E-state index contributed by atoms with van der Waals surface area (Å²) in [6, 6.07) is 4.98. The Bertz CT molecular complexity index is 436. The van der Waals surface area contributed by atoms with Gasteiger partial charge in [0.15, 0.2) is 0 Å². The van der Waals surface area contributed by atoms with E-state index < -0.39 is 10.8 Å². The van der Waals surface area contributed by atoms with Gasteiger partial charge in [-0.15, -0.1) is 0 Å². The predicted octanol–water partition coefficient (Wildman–Crippen LogP) is 2.05. The van der Waals surface area contributed by atoms with Gasteiger partial charge >= 0.3 is 0 Å². The summed E-state index contributed by atoms with van der Waals surface area (Å²) in [5, 5.41) is 13.1. The van der Waals surface area contributed by atoms with E-state index in [9.17, 15) is 14.9 Å². The standard InChI is InChI=1S/C7H4N4O3/c8-10-9-7(12)5-2-1-3-6(4-5)11(13)14/h1-4H. The van der Waals surface area contributed by atoms with Crippen LogP contribution in [0.4, 0.5) is 5.69 Å². The van der Waals surface area contributed by atoms with Crippen molar-refractivity contribution in [1.29, 1.82) is 0 Å². The van der Waals surface area contributed by atoms with Gasteiger partial charge in [0, 0.05) is 22.6 Å². The van der Waals surface area contributed by atoms with Gasteiger partial charge in [0.05, 0.1) is 4.92 Å². The molecule has 1 aromatic carbocycles. The molecule has 0 aliphatic rings. The Morgan fingerprint density at radius 1 is 1.57 bits per heavy atom. The lowest BCUT2D eigenvalue weighted by Crippen LogP contribution is -1.95. The average molecular weight is 192 g/mol. The van der Waals surface area contributed by atoms with Crippen molar-refractivity contribution in [1.82, 2.24) is 0 Å². The van der Waals surface area contributed by atoms with Gasteiger partial charge in [-0.1, -0.05) is 12.1 Å². The Labute approximate surface area is 77.7 Å². The molecule has 0 fully saturated rings. The van der Waals surface area contributed by atoms with Gasteiger partial charge < -0.3 is 0 Å². The van der Waals surface area contributed by atoms with Crippen LogP contribution in [0.5, 0.6) is 0 Å². The van der Waals surface area contributed by atoms with Crippen LogP contribution in [0.1, 0.15) is 10.4 Å². The van der Waals surface area contributed by atoms with Gasteiger partial charge in [-0.3, -0.25) is 14.9 Å². The maximum absolute atomic E-state index is 11.0. The van der Waals surface area contributed by atoms with Crippen molar-refractivity contribution in [3.05, 3.63) is 50.4 Å². The summed E-state index contributed by atoms with van der Waals surface area (Å²) < 4.78 is 0. The second-order valence-corrected chi connectivity index (χ2v) is 2.30. The second-order valence-electron chi connectivity index (χ2n) is 2.30. The SMILES string of the molecule is [N-]=[N+]=NC(=O)c1cccc([N+](=O)[O-])c1. The molecule has 0 aromatic heterocycles. The molecule has 1 aromatic rings. The highest BCUT2D eigenvalue weighted by Crippen LogP contribution is 2.13. The quantitative estimate of drug-likeness (QED) is 0.235. The molecule has 0 atom stereocenters. The topological polar surface area (TPSA) is 109 Å². The van der Waals surface area contributed by atoms with Crippen LogP contribution in [-0.4, -0.2) is 10.8 Å². The Balaban J connectivity index is 3.11. The number of azide groups is 1. The lowest BCUT2D eigenvalue weighted by molar-refractivity contribution is -0.384. The van der Waals surface area contributed by atoms with Gasteiger partial charge in [0.2, 0.25) is 5.91 Å². The molecule has 0 aliphatic carbocycles. The van der Waals surface area contributed by atoms with Crippen molar-refractivity contribution >= 4 is 11.6 Å². The van der Waals surface area contributed by atoms with Crippen molar-refractivity contribution in [3.63, 3.8) is 0 Å². The number of amides is 1. The number of non-ortho nitro benzene ring substituents is 1. The van der Waals surface area contributed by atoms with E-state index in [1.807, 2.05) is 0 Å². The first-order valence-electron chi connectivity index (χ1n) is 3.49. The molecule has 1 rings (SSSR count). The van der Waals surface area contributed by atoms with Crippen molar-refractivity contribution in [3.8, 4) is 0 Å². The van der Waals surface area contributed by atoms with E-state index in [0.29, 0.717) is 0 Å². The first kappa shape index (κ1) is 9.69. The molecule has 14 heavy (non-hydrogen) atoms. The molecule has 0 saturated heterocycles. The molecule has 7 nitrogen and oxygen atoms in total. The fraction of sp³-hybridized carbons (Fsp3) is 0. The van der Waals surface area contributed by atoms with Crippen molar-refractivity contribution < 1.29 is 9.72 Å². The minimum Gasteiger partial charge on any atom is -0.287 e. The summed E-state index contributed by atoms with van der Waals surface area (Å²) in [6.07, 6.45) is 0. The minimum atomic E-state index is -0.837. The van der Waals surface area contributed by atoms with Crippen molar-refractivity contribution in [2.45, 2.75) is 0 Å². The number of benzene rings is 1. The number of hydrogen-bond acceptors (Lipinski definition) is 3. The molecule has 0 aliphatic heterocycles. The lowest BCUT2D eigenvalue weighted by Gasteiger charge is -1.93. The minimum absolute atomic E-state index is 0.00278. The van der Waals surface area contributed by atoms with Crippen LogP contribution >= 0.6 is 0 Å². The Hall–Kier alpha value is -2.40. The summed E-state index contributed by atoms with van der Waals surface area (Å²) in [6.45, 7) is 0. The van der Waals surface area contributed by atoms with E-state index in [1.54, 1.807) is 0 Å². The molecule has 7 heteroatoms. The monoisotopic (exact) mass is 192 g/mol. The first-order valence-corrected chi connectivity index (χ1v) is 3.49. The van der Waals surface area contributed by atoms with Crippen LogP contribution < -0.4 is 0 Å². The smallest absolute Gasteiger partial charge is 0.270 e. The van der Waals surface area contributed by atoms with Gasteiger partial charge in [0.1, 0.15) is 0 Å². The number of nitro benzene ring substituents is 1. The van der Waals surface area contributed by atoms with E-state index in [0.717, 1.165) is 6.07 Å². The van der Waals surface area contributed by atoms with E-state index in [1.165, 1.54) is 18.2 Å². The van der Waals surface area contributed by atoms with Gasteiger partial charge in [0.25, 0.3) is 5.69 Å². The lowest BCUT2D eigenvalue weighted by atomic mass is 10.2. The zero-order valence-electron chi connectivity index (χ0n) is 6.82. The molecular weight excluding hydrogens is 188 g/mol. The van der Waals surface area contributed by atoms with Gasteiger partial charge in [-0.05, 0) is 10.6 Å². The van der Waals surface area contributed by atoms with Crippen LogP contribution in [0.3, 0.4) is 0 Å². The predicted molar refractivity (Wildman–Crippen MR) is 46.6 cm³/mol. The van der Waals surface area contributed by atoms with Crippen LogP contribution in [0.2, 0.25) is 0 Å². The first-order chi connectivity index (χ1) is 6.65. The Kier molecular flexibility index (Phi) is 2.78. The molecule has 0 bridgehead atoms. The summed E-state index contributed by atoms with van der Waals surface area (Å²) in [5.41, 5.74) is 7.76. The van der Waals surface area contributed by atoms with Crippen LogP contribution in [0.15, 0.2) is 29.4 Å². The zero-order chi connectivity index (χ0) is 10.6. The highest BCUT2D eigenvalue weighted by Gasteiger charge is 2.09. The molecule has 0 N–H and O–H groups in total. The largest absolute Gasteiger partial charge is 0.287 e. The number of rotatable bonds is 2. The van der Waals surface area contributed by atoms with E-state index in [-0.39, 0.29) is 11.3 Å². The van der Waals surface area contributed by atoms with Gasteiger partial charge in [-0.25, -0.2) is 0 Å². The average Bonchev–Trinajstić information content (AvgIpc) is 2.18. The van der Waals surface area contributed by atoms with Crippen molar-refractivity contribution in [2.24, 2.45) is 5.11 Å². The number of nitro groups is 1. The van der Waals surface area contributed by atoms with E-state index in [4.69, 9.17) is 5.53 Å². The normalized spacial score (nSPS) is 8.86. The Morgan fingerprint density at radius 3 is 2.86 bits per heavy atom. The third-order valence-corrected chi connectivity index (χ3v) is 1.44. The third kappa shape index (κ3) is 2.05. The fourth-order valence-corrected chi connectivity index (χ4v) is 0.851. The Morgan fingerprint density at radius 2 is 2.29 bits per heavy atom. The molecule has 70 valence electrons. The third-order valence-electron chi connectivity index (χ3n) is 1.44. The van der Waals surface area contributed by atoms with Crippen molar-refractivity contribution in [2.75, 3.05) is 0 Å². The molecule has 0 heterocycles. The number of hydrogen-bond donors (Lipinski definition) is 0. The summed E-state index contributed by atoms with van der Waals surface area (Å²) in [4.78, 5) is 23.0. The van der Waals surface area contributed by atoms with Gasteiger partial charge in [-0.2, -0.15) is 0 Å². The summed E-state index contributed by atoms with van der Waals surface area (Å²) in [7, 11) is 0. The molecule has 0 radical (unpaired) electrons. The maximum atomic E-state index is 11.0. The fourth-order valence-electron chi connectivity index (χ4n) is 0.851. The molecule has 0 unspecified atom stereocenters. The molecule has 0 saturated carbocycles. The van der Waals surface area contributed by atoms with Crippen LogP contribution in [0.25, 0.3) is 10.4 Å². The molecule has 1 amide bonds. The number of carbonyl (C=O) groups is 1. The zero-order valence-corrected chi connectivity index (χ0v) is 6.82. The summed E-state index contributed by atoms with van der Waals surface area (Å²) in [5.74, 6) is -0.837. The van der Waals surface area contributed by atoms with Crippen LogP contribution in [-0.2, 0) is 0 Å². The highest BCUT2D eigenvalue weighted by molar-refractivity contribution is 5.95. The maximum Gasteiger partial charge on any atom is 0.270 e. The molecule has 0 spiro atoms. The number of nitrogens with zero attached hydrogens (tertiary/aromatic N) is 4. The highest BCUT2D eigenvalue weighted by atomic mass is 16.6. The van der Waals surface area contributed by atoms with E-state index >= 15 is 0 Å². The van der Waals surface area contributed by atoms with E-state index in [2.05, 4.69) is 10.0 Å². The van der Waals surface area contributed by atoms with Crippen LogP contribution in [0, 0.1) is 10.1 Å². The second kappa shape index (κ2) is 4.01. The number of carbonyl (C=O) groups excluding carboxylic acids is 1.